The highest BCUT2D eigenvalue weighted by atomic mass is 19.1. The number of nitrogens with zero attached hydrogens (tertiary/aromatic N) is 3. The highest BCUT2D eigenvalue weighted by Gasteiger charge is 2.09. The molecule has 0 saturated carbocycles. The zero-order chi connectivity index (χ0) is 13.2. The van der Waals surface area contributed by atoms with E-state index in [0.717, 1.165) is 17.0 Å². The first kappa shape index (κ1) is 11.6. The number of imidazole rings is 2. The quantitative estimate of drug-likeness (QED) is 0.783. The molecule has 3 aromatic rings. The fourth-order valence-electron chi connectivity index (χ4n) is 2.04. The molecule has 0 atom stereocenters. The fraction of sp³-hybridized carbons (Fsp3) is 0.143. The Morgan fingerprint density at radius 1 is 1.26 bits per heavy atom. The Morgan fingerprint density at radius 3 is 2.95 bits per heavy atom. The molecular formula is C14H13FN4. The Morgan fingerprint density at radius 2 is 2.16 bits per heavy atom. The summed E-state index contributed by atoms with van der Waals surface area (Å²) < 4.78 is 15.3. The predicted molar refractivity (Wildman–Crippen MR) is 70.0 cm³/mol. The van der Waals surface area contributed by atoms with Crippen LogP contribution in [0.3, 0.4) is 0 Å². The van der Waals surface area contributed by atoms with Crippen molar-refractivity contribution in [3.05, 3.63) is 59.9 Å². The van der Waals surface area contributed by atoms with Crippen molar-refractivity contribution in [1.82, 2.24) is 19.5 Å². The van der Waals surface area contributed by atoms with Crippen LogP contribution in [0.25, 0.3) is 11.6 Å². The van der Waals surface area contributed by atoms with Crippen molar-refractivity contribution in [1.29, 1.82) is 0 Å². The molecule has 0 saturated heterocycles. The van der Waals surface area contributed by atoms with Crippen LogP contribution in [0.2, 0.25) is 0 Å². The van der Waals surface area contributed by atoms with Crippen molar-refractivity contribution in [2.75, 3.05) is 0 Å². The summed E-state index contributed by atoms with van der Waals surface area (Å²) in [4.78, 5) is 11.5. The van der Waals surface area contributed by atoms with Crippen molar-refractivity contribution < 1.29 is 4.39 Å². The Kier molecular flexibility index (Phi) is 2.87. The lowest BCUT2D eigenvalue weighted by molar-refractivity contribution is 0.622. The summed E-state index contributed by atoms with van der Waals surface area (Å²) in [5.74, 6) is 1.23. The van der Waals surface area contributed by atoms with E-state index in [1.165, 1.54) is 6.07 Å². The third-order valence-electron chi connectivity index (χ3n) is 3.08. The maximum absolute atomic E-state index is 13.3. The molecule has 0 aliphatic heterocycles. The molecule has 0 aliphatic carbocycles. The van der Waals surface area contributed by atoms with Gasteiger partial charge in [-0.25, -0.2) is 14.4 Å². The van der Waals surface area contributed by atoms with Crippen molar-refractivity contribution in [2.45, 2.75) is 13.5 Å². The summed E-state index contributed by atoms with van der Waals surface area (Å²) in [6.45, 7) is 2.54. The van der Waals surface area contributed by atoms with Crippen molar-refractivity contribution in [2.24, 2.45) is 0 Å². The topological polar surface area (TPSA) is 46.5 Å². The Labute approximate surface area is 110 Å². The first-order chi connectivity index (χ1) is 9.24. The first-order valence-corrected chi connectivity index (χ1v) is 6.00. The molecule has 0 unspecified atom stereocenters. The van der Waals surface area contributed by atoms with Crippen LogP contribution in [0, 0.1) is 12.7 Å². The van der Waals surface area contributed by atoms with E-state index in [4.69, 9.17) is 0 Å². The zero-order valence-electron chi connectivity index (χ0n) is 10.5. The maximum atomic E-state index is 13.3. The van der Waals surface area contributed by atoms with Crippen molar-refractivity contribution in [3.8, 4) is 11.6 Å². The number of aromatic nitrogens is 4. The number of halogens is 1. The average molecular weight is 256 g/mol. The normalized spacial score (nSPS) is 10.8. The Hall–Kier alpha value is -2.43. The predicted octanol–water partition coefficient (Wildman–Crippen LogP) is 2.77. The zero-order valence-corrected chi connectivity index (χ0v) is 10.5. The molecule has 0 fully saturated rings. The number of benzene rings is 1. The molecule has 3 rings (SSSR count). The van der Waals surface area contributed by atoms with Gasteiger partial charge in [0.2, 0.25) is 0 Å². The van der Waals surface area contributed by atoms with E-state index in [9.17, 15) is 4.39 Å². The molecule has 0 aliphatic rings. The van der Waals surface area contributed by atoms with Crippen LogP contribution in [0.4, 0.5) is 4.39 Å². The minimum absolute atomic E-state index is 0.222. The van der Waals surface area contributed by atoms with Gasteiger partial charge in [-0.3, -0.25) is 0 Å². The van der Waals surface area contributed by atoms with E-state index in [1.807, 2.05) is 17.7 Å². The second-order valence-corrected chi connectivity index (χ2v) is 4.39. The molecule has 5 heteroatoms. The van der Waals surface area contributed by atoms with Crippen LogP contribution in [0.5, 0.6) is 0 Å². The van der Waals surface area contributed by atoms with Crippen LogP contribution >= 0.6 is 0 Å². The fourth-order valence-corrected chi connectivity index (χ4v) is 2.04. The van der Waals surface area contributed by atoms with Gasteiger partial charge < -0.3 is 9.55 Å². The van der Waals surface area contributed by atoms with E-state index >= 15 is 0 Å². The third kappa shape index (κ3) is 2.27. The molecule has 1 N–H and O–H groups in total. The van der Waals surface area contributed by atoms with Gasteiger partial charge in [0.05, 0.1) is 0 Å². The van der Waals surface area contributed by atoms with Crippen molar-refractivity contribution >= 4 is 0 Å². The van der Waals surface area contributed by atoms with Crippen LogP contribution in [-0.2, 0) is 6.54 Å². The molecule has 4 nitrogen and oxygen atoms in total. The summed E-state index contributed by atoms with van der Waals surface area (Å²) in [5, 5.41) is 0. The highest BCUT2D eigenvalue weighted by Crippen LogP contribution is 2.17. The number of hydrogen-bond donors (Lipinski definition) is 1. The molecule has 0 radical (unpaired) electrons. The first-order valence-electron chi connectivity index (χ1n) is 6.00. The summed E-state index contributed by atoms with van der Waals surface area (Å²) in [6, 6.07) is 4.82. The molecule has 0 spiro atoms. The molecular weight excluding hydrogens is 243 g/mol. The summed E-state index contributed by atoms with van der Waals surface area (Å²) >= 11 is 0. The smallest absolute Gasteiger partial charge is 0.176 e. The minimum atomic E-state index is -0.222. The highest BCUT2D eigenvalue weighted by molar-refractivity contribution is 5.44. The van der Waals surface area contributed by atoms with E-state index in [-0.39, 0.29) is 5.82 Å². The number of H-pyrrole nitrogens is 1. The van der Waals surface area contributed by atoms with E-state index < -0.39 is 0 Å². The van der Waals surface area contributed by atoms with Gasteiger partial charge in [-0.05, 0) is 30.2 Å². The van der Waals surface area contributed by atoms with E-state index in [0.29, 0.717) is 12.4 Å². The second-order valence-electron chi connectivity index (χ2n) is 4.39. The molecule has 0 bridgehead atoms. The maximum Gasteiger partial charge on any atom is 0.176 e. The van der Waals surface area contributed by atoms with Gasteiger partial charge in [0.15, 0.2) is 11.6 Å². The van der Waals surface area contributed by atoms with Gasteiger partial charge >= 0.3 is 0 Å². The largest absolute Gasteiger partial charge is 0.342 e. The van der Waals surface area contributed by atoms with Crippen molar-refractivity contribution in [3.63, 3.8) is 0 Å². The monoisotopic (exact) mass is 256 g/mol. The van der Waals surface area contributed by atoms with Crippen LogP contribution in [0.1, 0.15) is 11.1 Å². The van der Waals surface area contributed by atoms with Gasteiger partial charge in [0, 0.05) is 31.3 Å². The second kappa shape index (κ2) is 4.68. The number of aryl methyl sites for hydroxylation is 1. The SMILES string of the molecule is Cc1ccc(F)cc1Cn1ccnc1-c1ncc[nH]1. The standard InChI is InChI=1S/C14H13FN4/c1-10-2-3-12(15)8-11(10)9-19-7-6-18-14(19)13-16-4-5-17-13/h2-8H,9H2,1H3,(H,16,17). The molecule has 19 heavy (non-hydrogen) atoms. The third-order valence-corrected chi connectivity index (χ3v) is 3.08. The Balaban J connectivity index is 1.96. The summed E-state index contributed by atoms with van der Waals surface area (Å²) in [6.07, 6.45) is 7.01. The van der Waals surface area contributed by atoms with Gasteiger partial charge in [-0.2, -0.15) is 0 Å². The number of aromatic amines is 1. The van der Waals surface area contributed by atoms with E-state index in [1.54, 1.807) is 30.7 Å². The number of hydrogen-bond acceptors (Lipinski definition) is 2. The van der Waals surface area contributed by atoms with Gasteiger partial charge in [-0.15, -0.1) is 0 Å². The number of nitrogens with one attached hydrogen (secondary N) is 1. The lowest BCUT2D eigenvalue weighted by Crippen LogP contribution is -2.04. The molecule has 0 amide bonds. The Bertz CT molecular complexity index is 685. The summed E-state index contributed by atoms with van der Waals surface area (Å²) in [7, 11) is 0. The lowest BCUT2D eigenvalue weighted by atomic mass is 10.1. The molecule has 96 valence electrons. The van der Waals surface area contributed by atoms with Crippen LogP contribution < -0.4 is 0 Å². The minimum Gasteiger partial charge on any atom is -0.342 e. The summed E-state index contributed by atoms with van der Waals surface area (Å²) in [5.41, 5.74) is 1.99. The van der Waals surface area contributed by atoms with Gasteiger partial charge in [0.25, 0.3) is 0 Å². The molecule has 2 heterocycles. The molecule has 1 aromatic carbocycles. The van der Waals surface area contributed by atoms with E-state index in [2.05, 4.69) is 15.0 Å². The van der Waals surface area contributed by atoms with Crippen LogP contribution in [0.15, 0.2) is 43.0 Å². The van der Waals surface area contributed by atoms with Gasteiger partial charge in [0.1, 0.15) is 5.82 Å². The van der Waals surface area contributed by atoms with Gasteiger partial charge in [-0.1, -0.05) is 6.07 Å². The lowest BCUT2D eigenvalue weighted by Gasteiger charge is -2.09. The number of rotatable bonds is 3. The van der Waals surface area contributed by atoms with Crippen LogP contribution in [-0.4, -0.2) is 19.5 Å². The molecule has 2 aromatic heterocycles. The average Bonchev–Trinajstić information content (AvgIpc) is 3.03.